The lowest BCUT2D eigenvalue weighted by molar-refractivity contribution is -0.137. The van der Waals surface area contributed by atoms with Crippen LogP contribution < -0.4 is 0 Å². The lowest BCUT2D eigenvalue weighted by Crippen LogP contribution is -1.93. The fraction of sp³-hybridized carbons (Fsp3) is 0.421. The van der Waals surface area contributed by atoms with Crippen molar-refractivity contribution in [3.63, 3.8) is 0 Å². The quantitative estimate of drug-likeness (QED) is 0.656. The Kier molecular flexibility index (Phi) is 7.24. The second-order valence-corrected chi connectivity index (χ2v) is 5.78. The first-order chi connectivity index (χ1) is 11.3. The van der Waals surface area contributed by atoms with E-state index in [1.807, 2.05) is 24.4 Å². The second-order valence-electron chi connectivity index (χ2n) is 5.78. The highest BCUT2D eigenvalue weighted by Crippen LogP contribution is 2.16. The van der Waals surface area contributed by atoms with E-state index in [-0.39, 0.29) is 0 Å². The normalized spacial score (nSPS) is 10.6. The number of carbonyl (C=O) groups is 1. The van der Waals surface area contributed by atoms with Crippen molar-refractivity contribution in [3.8, 4) is 11.4 Å². The third-order valence-electron chi connectivity index (χ3n) is 3.86. The van der Waals surface area contributed by atoms with Gasteiger partial charge in [-0.15, -0.1) is 0 Å². The van der Waals surface area contributed by atoms with Crippen molar-refractivity contribution >= 4 is 5.97 Å². The average molecular weight is 312 g/mol. The van der Waals surface area contributed by atoms with E-state index in [1.165, 1.54) is 18.4 Å². The second kappa shape index (κ2) is 9.72. The number of aliphatic carboxylic acids is 1. The smallest absolute Gasteiger partial charge is 0.303 e. The van der Waals surface area contributed by atoms with Gasteiger partial charge in [-0.3, -0.25) is 14.8 Å². The summed E-state index contributed by atoms with van der Waals surface area (Å²) in [7, 11) is 0. The Bertz CT molecular complexity index is 599. The first kappa shape index (κ1) is 17.1. The third-order valence-corrected chi connectivity index (χ3v) is 3.86. The molecule has 0 amide bonds. The first-order valence-electron chi connectivity index (χ1n) is 8.34. The zero-order chi connectivity index (χ0) is 16.3. The van der Waals surface area contributed by atoms with Crippen molar-refractivity contribution in [2.24, 2.45) is 0 Å². The van der Waals surface area contributed by atoms with Crippen molar-refractivity contribution in [2.45, 2.75) is 51.4 Å². The van der Waals surface area contributed by atoms with Gasteiger partial charge in [-0.2, -0.15) is 0 Å². The molecule has 0 aliphatic heterocycles. The molecular formula is C19H24N2O2. The van der Waals surface area contributed by atoms with Crippen molar-refractivity contribution < 1.29 is 9.90 Å². The maximum Gasteiger partial charge on any atom is 0.303 e. The summed E-state index contributed by atoms with van der Waals surface area (Å²) in [5.74, 6) is -0.689. The van der Waals surface area contributed by atoms with E-state index in [0.717, 1.165) is 43.5 Å². The van der Waals surface area contributed by atoms with Gasteiger partial charge in [0.05, 0.1) is 11.4 Å². The fourth-order valence-electron chi connectivity index (χ4n) is 2.60. The van der Waals surface area contributed by atoms with E-state index < -0.39 is 5.97 Å². The van der Waals surface area contributed by atoms with Gasteiger partial charge in [0.1, 0.15) is 0 Å². The van der Waals surface area contributed by atoms with Crippen LogP contribution in [0.5, 0.6) is 0 Å². The number of hydrogen-bond acceptors (Lipinski definition) is 3. The fourth-order valence-corrected chi connectivity index (χ4v) is 2.60. The summed E-state index contributed by atoms with van der Waals surface area (Å²) in [6.45, 7) is 0. The van der Waals surface area contributed by atoms with Gasteiger partial charge < -0.3 is 5.11 Å². The highest BCUT2D eigenvalue weighted by molar-refractivity contribution is 5.66. The van der Waals surface area contributed by atoms with Gasteiger partial charge in [0.2, 0.25) is 0 Å². The van der Waals surface area contributed by atoms with Gasteiger partial charge in [0.15, 0.2) is 0 Å². The molecule has 0 aromatic carbocycles. The highest BCUT2D eigenvalue weighted by Gasteiger charge is 2.02. The van der Waals surface area contributed by atoms with E-state index in [0.29, 0.717) is 6.42 Å². The van der Waals surface area contributed by atoms with E-state index in [2.05, 4.69) is 22.1 Å². The topological polar surface area (TPSA) is 63.1 Å². The molecule has 4 heteroatoms. The van der Waals surface area contributed by atoms with Gasteiger partial charge in [-0.1, -0.05) is 31.7 Å². The maximum absolute atomic E-state index is 10.4. The summed E-state index contributed by atoms with van der Waals surface area (Å²) in [5.41, 5.74) is 3.14. The lowest BCUT2D eigenvalue weighted by Gasteiger charge is -2.05. The number of rotatable bonds is 10. The van der Waals surface area contributed by atoms with Crippen LogP contribution >= 0.6 is 0 Å². The number of unbranched alkanes of at least 4 members (excludes halogenated alkanes) is 5. The molecule has 0 saturated carbocycles. The monoisotopic (exact) mass is 312 g/mol. The van der Waals surface area contributed by atoms with E-state index >= 15 is 0 Å². The van der Waals surface area contributed by atoms with Gasteiger partial charge in [-0.25, -0.2) is 0 Å². The lowest BCUT2D eigenvalue weighted by atomic mass is 10.0. The Morgan fingerprint density at radius 1 is 0.870 bits per heavy atom. The largest absolute Gasteiger partial charge is 0.481 e. The minimum atomic E-state index is -0.689. The molecule has 1 N–H and O–H groups in total. The molecule has 122 valence electrons. The van der Waals surface area contributed by atoms with Crippen LogP contribution in [-0.4, -0.2) is 21.0 Å². The molecule has 2 aromatic rings. The highest BCUT2D eigenvalue weighted by atomic mass is 16.4. The number of aryl methyl sites for hydroxylation is 1. The van der Waals surface area contributed by atoms with Crippen LogP contribution in [-0.2, 0) is 11.2 Å². The summed E-state index contributed by atoms with van der Waals surface area (Å²) in [6, 6.07) is 10.0. The van der Waals surface area contributed by atoms with Crippen molar-refractivity contribution in [1.29, 1.82) is 0 Å². The molecule has 0 aliphatic carbocycles. The average Bonchev–Trinajstić information content (AvgIpc) is 2.58. The van der Waals surface area contributed by atoms with Crippen molar-refractivity contribution in [1.82, 2.24) is 9.97 Å². The molecule has 2 heterocycles. The number of aromatic nitrogens is 2. The van der Waals surface area contributed by atoms with Crippen LogP contribution in [0.1, 0.15) is 50.5 Å². The van der Waals surface area contributed by atoms with Crippen LogP contribution in [0.3, 0.4) is 0 Å². The van der Waals surface area contributed by atoms with Crippen LogP contribution in [0.2, 0.25) is 0 Å². The Hall–Kier alpha value is -2.23. The predicted molar refractivity (Wildman–Crippen MR) is 91.1 cm³/mol. The van der Waals surface area contributed by atoms with Crippen LogP contribution in [0.25, 0.3) is 11.4 Å². The minimum Gasteiger partial charge on any atom is -0.481 e. The summed E-state index contributed by atoms with van der Waals surface area (Å²) < 4.78 is 0. The molecule has 4 nitrogen and oxygen atoms in total. The molecule has 2 aromatic heterocycles. The molecular weight excluding hydrogens is 288 g/mol. The zero-order valence-corrected chi connectivity index (χ0v) is 13.4. The number of hydrogen-bond donors (Lipinski definition) is 1. The van der Waals surface area contributed by atoms with Gasteiger partial charge in [0, 0.05) is 18.8 Å². The van der Waals surface area contributed by atoms with Gasteiger partial charge in [-0.05, 0) is 49.1 Å². The third kappa shape index (κ3) is 6.59. The molecule has 23 heavy (non-hydrogen) atoms. The van der Waals surface area contributed by atoms with E-state index in [4.69, 9.17) is 5.11 Å². The van der Waals surface area contributed by atoms with Crippen LogP contribution in [0.15, 0.2) is 42.7 Å². The Balaban J connectivity index is 1.67. The molecule has 2 rings (SSSR count). The summed E-state index contributed by atoms with van der Waals surface area (Å²) >= 11 is 0. The predicted octanol–water partition coefficient (Wildman–Crippen LogP) is 4.50. The standard InChI is InChI=1S/C19H24N2O2/c22-19(23)11-6-4-2-1-3-5-9-16-12-14-21-18(15-16)17-10-7-8-13-20-17/h7-8,10,12-15H,1-6,9,11H2,(H,22,23). The van der Waals surface area contributed by atoms with Gasteiger partial charge >= 0.3 is 5.97 Å². The van der Waals surface area contributed by atoms with Crippen LogP contribution in [0, 0.1) is 0 Å². The molecule has 0 atom stereocenters. The summed E-state index contributed by atoms with van der Waals surface area (Å²) in [6.07, 6.45) is 11.5. The number of pyridine rings is 2. The Morgan fingerprint density at radius 2 is 1.61 bits per heavy atom. The summed E-state index contributed by atoms with van der Waals surface area (Å²) in [4.78, 5) is 19.1. The molecule has 0 aliphatic rings. The molecule has 0 spiro atoms. The molecule has 0 fully saturated rings. The van der Waals surface area contributed by atoms with Crippen LogP contribution in [0.4, 0.5) is 0 Å². The molecule has 0 saturated heterocycles. The van der Waals surface area contributed by atoms with E-state index in [9.17, 15) is 4.79 Å². The van der Waals surface area contributed by atoms with Crippen molar-refractivity contribution in [3.05, 3.63) is 48.3 Å². The SMILES string of the molecule is O=C(O)CCCCCCCCc1ccnc(-c2ccccn2)c1. The minimum absolute atomic E-state index is 0.299. The summed E-state index contributed by atoms with van der Waals surface area (Å²) in [5, 5.41) is 8.58. The van der Waals surface area contributed by atoms with Gasteiger partial charge in [0.25, 0.3) is 0 Å². The maximum atomic E-state index is 10.4. The Morgan fingerprint density at radius 3 is 2.35 bits per heavy atom. The molecule has 0 unspecified atom stereocenters. The molecule has 0 bridgehead atoms. The number of carboxylic acids is 1. The Labute approximate surface area is 137 Å². The first-order valence-corrected chi connectivity index (χ1v) is 8.34. The zero-order valence-electron chi connectivity index (χ0n) is 13.4. The number of carboxylic acid groups (broad SMARTS) is 1. The van der Waals surface area contributed by atoms with Crippen molar-refractivity contribution in [2.75, 3.05) is 0 Å². The molecule has 0 radical (unpaired) electrons. The number of nitrogens with zero attached hydrogens (tertiary/aromatic N) is 2. The van der Waals surface area contributed by atoms with E-state index in [1.54, 1.807) is 6.20 Å².